The van der Waals surface area contributed by atoms with E-state index in [4.69, 9.17) is 5.73 Å². The van der Waals surface area contributed by atoms with Gasteiger partial charge in [0.1, 0.15) is 11.2 Å². The summed E-state index contributed by atoms with van der Waals surface area (Å²) < 4.78 is 53.8. The van der Waals surface area contributed by atoms with E-state index in [-0.39, 0.29) is 21.8 Å². The van der Waals surface area contributed by atoms with Crippen molar-refractivity contribution in [1.82, 2.24) is 19.7 Å². The first-order valence-corrected chi connectivity index (χ1v) is 7.70. The lowest BCUT2D eigenvalue weighted by molar-refractivity contribution is 0.0566. The molecule has 0 atom stereocenters. The Morgan fingerprint density at radius 1 is 1.39 bits per heavy atom. The molecule has 2 rings (SSSR count). The van der Waals surface area contributed by atoms with Crippen LogP contribution in [0.5, 0.6) is 0 Å². The largest absolute Gasteiger partial charge is 0.397 e. The third-order valence-electron chi connectivity index (χ3n) is 2.64. The molecule has 2 aromatic rings. The molecule has 124 valence electrons. The smallest absolute Gasteiger partial charge is 0.333 e. The van der Waals surface area contributed by atoms with Crippen LogP contribution in [0, 0.1) is 0 Å². The lowest BCUT2D eigenvalue weighted by atomic mass is 10.2. The lowest BCUT2D eigenvalue weighted by Gasteiger charge is -2.07. The van der Waals surface area contributed by atoms with E-state index in [2.05, 4.69) is 14.5 Å². The fourth-order valence-electron chi connectivity index (χ4n) is 1.65. The number of alkyl halides is 2. The molecule has 0 saturated heterocycles. The number of hydrogen-bond donors (Lipinski definition) is 1. The van der Waals surface area contributed by atoms with Crippen molar-refractivity contribution in [3.05, 3.63) is 24.7 Å². The molecule has 2 aromatic heterocycles. The van der Waals surface area contributed by atoms with Crippen molar-refractivity contribution < 1.29 is 17.2 Å². The molecule has 0 aromatic carbocycles. The van der Waals surface area contributed by atoms with Gasteiger partial charge in [0.05, 0.1) is 23.8 Å². The Labute approximate surface area is 131 Å². The van der Waals surface area contributed by atoms with Crippen molar-refractivity contribution in [2.75, 3.05) is 19.8 Å². The molecule has 2 heterocycles. The summed E-state index contributed by atoms with van der Waals surface area (Å²) in [6.07, 6.45) is 4.42. The van der Waals surface area contributed by atoms with Gasteiger partial charge in [-0.15, -0.1) is 4.40 Å². The van der Waals surface area contributed by atoms with Gasteiger partial charge in [-0.05, 0) is 6.07 Å². The van der Waals surface area contributed by atoms with Gasteiger partial charge in [0, 0.05) is 25.9 Å². The molecule has 0 aliphatic carbocycles. The number of anilines is 1. The predicted molar refractivity (Wildman–Crippen MR) is 80.5 cm³/mol. The number of hydrogen-bond acceptors (Lipinski definition) is 5. The van der Waals surface area contributed by atoms with Crippen LogP contribution in [0.25, 0.3) is 11.3 Å². The number of nitrogens with zero attached hydrogens (tertiary/aromatic N) is 5. The molecule has 0 aliphatic rings. The third-order valence-corrected chi connectivity index (χ3v) is 3.88. The molecule has 8 nitrogen and oxygen atoms in total. The summed E-state index contributed by atoms with van der Waals surface area (Å²) in [6, 6.07) is 1.17. The molecular formula is C12H14F2N6O2S. The Morgan fingerprint density at radius 3 is 2.65 bits per heavy atom. The molecule has 23 heavy (non-hydrogen) atoms. The van der Waals surface area contributed by atoms with Crippen LogP contribution in [0.3, 0.4) is 0 Å². The van der Waals surface area contributed by atoms with E-state index >= 15 is 0 Å². The minimum Gasteiger partial charge on any atom is -0.397 e. The first-order chi connectivity index (χ1) is 10.7. The molecule has 0 radical (unpaired) electrons. The Balaban J connectivity index is 2.57. The zero-order chi connectivity index (χ0) is 17.2. The summed E-state index contributed by atoms with van der Waals surface area (Å²) in [7, 11) is -0.904. The molecule has 0 saturated carbocycles. The van der Waals surface area contributed by atoms with E-state index in [1.807, 2.05) is 0 Å². The molecular weight excluding hydrogens is 330 g/mol. The van der Waals surface area contributed by atoms with Crippen molar-refractivity contribution in [2.45, 2.75) is 11.4 Å². The van der Waals surface area contributed by atoms with Crippen LogP contribution in [0.4, 0.5) is 14.5 Å². The van der Waals surface area contributed by atoms with Gasteiger partial charge < -0.3 is 10.6 Å². The van der Waals surface area contributed by atoms with E-state index in [1.165, 1.54) is 17.2 Å². The van der Waals surface area contributed by atoms with Crippen LogP contribution < -0.4 is 5.73 Å². The fourth-order valence-corrected chi connectivity index (χ4v) is 2.78. The third kappa shape index (κ3) is 3.80. The van der Waals surface area contributed by atoms with E-state index in [1.54, 1.807) is 14.1 Å². The van der Waals surface area contributed by atoms with E-state index in [0.717, 1.165) is 18.7 Å². The van der Waals surface area contributed by atoms with Crippen molar-refractivity contribution in [2.24, 2.45) is 4.40 Å². The van der Waals surface area contributed by atoms with Gasteiger partial charge in [0.15, 0.2) is 0 Å². The molecule has 2 N–H and O–H groups in total. The molecule has 0 aliphatic heterocycles. The van der Waals surface area contributed by atoms with Gasteiger partial charge >= 0.3 is 6.55 Å². The van der Waals surface area contributed by atoms with Crippen molar-refractivity contribution in [3.63, 3.8) is 0 Å². The minimum absolute atomic E-state index is 0.0537. The van der Waals surface area contributed by atoms with E-state index < -0.39 is 16.6 Å². The van der Waals surface area contributed by atoms with Gasteiger partial charge in [0.25, 0.3) is 10.0 Å². The topological polar surface area (TPSA) is 106 Å². The Kier molecular flexibility index (Phi) is 4.59. The van der Waals surface area contributed by atoms with Crippen LogP contribution in [0.15, 0.2) is 34.0 Å². The maximum Gasteiger partial charge on any atom is 0.333 e. The average Bonchev–Trinajstić information content (AvgIpc) is 2.95. The molecule has 0 amide bonds. The minimum atomic E-state index is -4.11. The number of halogens is 2. The zero-order valence-electron chi connectivity index (χ0n) is 12.3. The fraction of sp³-hybridized carbons (Fsp3) is 0.250. The highest BCUT2D eigenvalue weighted by molar-refractivity contribution is 7.90. The second-order valence-corrected chi connectivity index (χ2v) is 6.36. The van der Waals surface area contributed by atoms with Crippen LogP contribution in [0.1, 0.15) is 6.55 Å². The lowest BCUT2D eigenvalue weighted by Crippen LogP contribution is -2.11. The standard InChI is InChI=1S/C12H14F2N6O2S/c1-19(2)7-18-23(21,22)10-3-9(15)5-16-11(10)8-4-17-20(6-8)12(13)14/h3-7,12H,15H2,1-2H3/b18-7-. The summed E-state index contributed by atoms with van der Waals surface area (Å²) in [6.45, 7) is -2.84. The normalized spacial score (nSPS) is 12.2. The predicted octanol–water partition coefficient (Wildman–Crippen LogP) is 1.20. The maximum atomic E-state index is 12.6. The second-order valence-electron chi connectivity index (χ2n) is 4.76. The molecule has 0 unspecified atom stereocenters. The molecule has 0 spiro atoms. The molecule has 0 fully saturated rings. The van der Waals surface area contributed by atoms with E-state index in [9.17, 15) is 17.2 Å². The number of rotatable bonds is 5. The highest BCUT2D eigenvalue weighted by Gasteiger charge is 2.22. The number of pyridine rings is 1. The first kappa shape index (κ1) is 16.8. The van der Waals surface area contributed by atoms with Crippen molar-refractivity contribution >= 4 is 22.0 Å². The molecule has 0 bridgehead atoms. The summed E-state index contributed by atoms with van der Waals surface area (Å²) in [4.78, 5) is 5.07. The summed E-state index contributed by atoms with van der Waals surface area (Å²) >= 11 is 0. The zero-order valence-corrected chi connectivity index (χ0v) is 13.1. The Morgan fingerprint density at radius 2 is 2.09 bits per heavy atom. The number of sulfonamides is 1. The van der Waals surface area contributed by atoms with Gasteiger partial charge in [-0.25, -0.2) is 4.68 Å². The number of nitrogens with two attached hydrogens (primary N) is 1. The highest BCUT2D eigenvalue weighted by Crippen LogP contribution is 2.28. The Hall–Kier alpha value is -2.56. The van der Waals surface area contributed by atoms with E-state index in [0.29, 0.717) is 4.68 Å². The van der Waals surface area contributed by atoms with Gasteiger partial charge in [0.2, 0.25) is 0 Å². The van der Waals surface area contributed by atoms with Crippen LogP contribution in [0.2, 0.25) is 0 Å². The van der Waals surface area contributed by atoms with Crippen LogP contribution in [-0.4, -0.2) is 48.5 Å². The van der Waals surface area contributed by atoms with Gasteiger partial charge in [-0.2, -0.15) is 22.3 Å². The first-order valence-electron chi connectivity index (χ1n) is 6.26. The highest BCUT2D eigenvalue weighted by atomic mass is 32.2. The second kappa shape index (κ2) is 6.28. The number of aromatic nitrogens is 3. The van der Waals surface area contributed by atoms with Crippen LogP contribution >= 0.6 is 0 Å². The van der Waals surface area contributed by atoms with Crippen molar-refractivity contribution in [1.29, 1.82) is 0 Å². The Bertz CT molecular complexity index is 832. The number of nitrogen functional groups attached to an aromatic ring is 1. The monoisotopic (exact) mass is 344 g/mol. The van der Waals surface area contributed by atoms with Gasteiger partial charge in [-0.1, -0.05) is 0 Å². The van der Waals surface area contributed by atoms with Gasteiger partial charge in [-0.3, -0.25) is 4.98 Å². The van der Waals surface area contributed by atoms with Crippen LogP contribution in [-0.2, 0) is 10.0 Å². The van der Waals surface area contributed by atoms with Crippen molar-refractivity contribution in [3.8, 4) is 11.3 Å². The summed E-state index contributed by atoms with van der Waals surface area (Å²) in [5, 5.41) is 3.47. The molecule has 11 heteroatoms. The SMILES string of the molecule is CN(C)/C=N\S(=O)(=O)c1cc(N)cnc1-c1cnn(C(F)F)c1. The summed E-state index contributed by atoms with van der Waals surface area (Å²) in [5.41, 5.74) is 5.75. The average molecular weight is 344 g/mol. The quantitative estimate of drug-likeness (QED) is 0.645. The maximum absolute atomic E-state index is 12.6. The summed E-state index contributed by atoms with van der Waals surface area (Å²) in [5.74, 6) is 0.